The van der Waals surface area contributed by atoms with Crippen molar-refractivity contribution < 1.29 is 4.21 Å². The highest BCUT2D eigenvalue weighted by atomic mass is 35.5. The Morgan fingerprint density at radius 2 is 2.25 bits per heavy atom. The standard InChI is InChI=1S/C13H13ClN4OS/c1-8-13(16-7-18(8)2)17-20(19)12-6-15-11-5-9(14)3-4-10(11)12/h3-7,15,17H,1-2H3. The molecule has 2 heterocycles. The smallest absolute Gasteiger partial charge is 0.159 e. The first-order valence-corrected chi connectivity index (χ1v) is 7.52. The van der Waals surface area contributed by atoms with Crippen LogP contribution >= 0.6 is 11.6 Å². The Bertz CT molecular complexity index is 808. The van der Waals surface area contributed by atoms with E-state index >= 15 is 0 Å². The highest BCUT2D eigenvalue weighted by Gasteiger charge is 2.13. The zero-order chi connectivity index (χ0) is 14.3. The highest BCUT2D eigenvalue weighted by Crippen LogP contribution is 2.25. The highest BCUT2D eigenvalue weighted by molar-refractivity contribution is 7.86. The minimum atomic E-state index is -1.38. The molecule has 1 aromatic carbocycles. The lowest BCUT2D eigenvalue weighted by Gasteiger charge is -2.04. The Labute approximate surface area is 123 Å². The van der Waals surface area contributed by atoms with Crippen LogP contribution in [-0.4, -0.2) is 18.7 Å². The molecule has 7 heteroatoms. The lowest BCUT2D eigenvalue weighted by molar-refractivity contribution is 0.686. The van der Waals surface area contributed by atoms with E-state index in [0.717, 1.165) is 16.6 Å². The van der Waals surface area contributed by atoms with Gasteiger partial charge in [-0.3, -0.25) is 4.72 Å². The maximum atomic E-state index is 12.4. The van der Waals surface area contributed by atoms with Crippen molar-refractivity contribution in [2.45, 2.75) is 11.8 Å². The van der Waals surface area contributed by atoms with E-state index in [0.29, 0.717) is 15.7 Å². The molecule has 3 aromatic rings. The van der Waals surface area contributed by atoms with Crippen LogP contribution in [0.1, 0.15) is 5.69 Å². The third kappa shape index (κ3) is 2.21. The number of fused-ring (bicyclic) bond motifs is 1. The van der Waals surface area contributed by atoms with E-state index in [1.54, 1.807) is 18.6 Å². The predicted molar refractivity (Wildman–Crippen MR) is 81.3 cm³/mol. The average molecular weight is 309 g/mol. The molecule has 0 amide bonds. The Kier molecular flexibility index (Phi) is 3.27. The number of halogens is 1. The second kappa shape index (κ2) is 4.96. The fourth-order valence-corrected chi connectivity index (χ4v) is 3.16. The van der Waals surface area contributed by atoms with Gasteiger partial charge in [0.25, 0.3) is 0 Å². The Morgan fingerprint density at radius 1 is 1.45 bits per heavy atom. The Hall–Kier alpha value is -1.79. The minimum Gasteiger partial charge on any atom is -0.360 e. The van der Waals surface area contributed by atoms with Crippen LogP contribution in [0, 0.1) is 6.92 Å². The third-order valence-electron chi connectivity index (χ3n) is 3.23. The third-order valence-corrected chi connectivity index (χ3v) is 4.58. The summed E-state index contributed by atoms with van der Waals surface area (Å²) in [7, 11) is 0.511. The number of aryl methyl sites for hydroxylation is 1. The first kappa shape index (κ1) is 13.2. The number of aromatic amines is 1. The number of rotatable bonds is 3. The summed E-state index contributed by atoms with van der Waals surface area (Å²) in [6.45, 7) is 1.92. The molecule has 0 bridgehead atoms. The zero-order valence-corrected chi connectivity index (χ0v) is 12.5. The van der Waals surface area contributed by atoms with Gasteiger partial charge in [-0.2, -0.15) is 0 Å². The van der Waals surface area contributed by atoms with E-state index in [9.17, 15) is 4.21 Å². The summed E-state index contributed by atoms with van der Waals surface area (Å²) in [6, 6.07) is 5.45. The van der Waals surface area contributed by atoms with E-state index in [1.165, 1.54) is 0 Å². The molecule has 20 heavy (non-hydrogen) atoms. The molecule has 0 saturated heterocycles. The van der Waals surface area contributed by atoms with Crippen LogP contribution in [0.5, 0.6) is 0 Å². The molecule has 1 unspecified atom stereocenters. The molecule has 0 aliphatic heterocycles. The van der Waals surface area contributed by atoms with E-state index in [1.807, 2.05) is 30.7 Å². The van der Waals surface area contributed by atoms with Gasteiger partial charge in [0.2, 0.25) is 0 Å². The average Bonchev–Trinajstić information content (AvgIpc) is 2.96. The number of hydrogen-bond acceptors (Lipinski definition) is 2. The summed E-state index contributed by atoms with van der Waals surface area (Å²) in [5, 5.41) is 1.53. The van der Waals surface area contributed by atoms with Crippen molar-refractivity contribution in [3.8, 4) is 0 Å². The number of imidazole rings is 1. The lowest BCUT2D eigenvalue weighted by atomic mass is 10.2. The second-order valence-corrected chi connectivity index (χ2v) is 6.12. The van der Waals surface area contributed by atoms with Gasteiger partial charge in [-0.05, 0) is 19.1 Å². The SMILES string of the molecule is Cc1c(NS(=O)c2c[nH]c3cc(Cl)ccc23)ncn1C. The van der Waals surface area contributed by atoms with Gasteiger partial charge in [-0.1, -0.05) is 17.7 Å². The molecule has 2 aromatic heterocycles. The lowest BCUT2D eigenvalue weighted by Crippen LogP contribution is -2.06. The number of nitrogens with zero attached hydrogens (tertiary/aromatic N) is 2. The van der Waals surface area contributed by atoms with Gasteiger partial charge in [0.05, 0.1) is 16.9 Å². The summed E-state index contributed by atoms with van der Waals surface area (Å²) < 4.78 is 17.2. The van der Waals surface area contributed by atoms with Gasteiger partial charge >= 0.3 is 0 Å². The largest absolute Gasteiger partial charge is 0.360 e. The number of hydrogen-bond donors (Lipinski definition) is 2. The summed E-state index contributed by atoms with van der Waals surface area (Å²) in [5.74, 6) is 0.620. The van der Waals surface area contributed by atoms with Crippen LogP contribution in [0.25, 0.3) is 10.9 Å². The molecule has 104 valence electrons. The second-order valence-electron chi connectivity index (χ2n) is 4.50. The summed E-state index contributed by atoms with van der Waals surface area (Å²) in [4.78, 5) is 7.94. The van der Waals surface area contributed by atoms with Crippen LogP contribution < -0.4 is 4.72 Å². The van der Waals surface area contributed by atoms with Crippen molar-refractivity contribution >= 4 is 39.3 Å². The zero-order valence-electron chi connectivity index (χ0n) is 11.0. The van der Waals surface area contributed by atoms with E-state index < -0.39 is 11.0 Å². The number of benzene rings is 1. The van der Waals surface area contributed by atoms with Gasteiger partial charge in [-0.25, -0.2) is 9.19 Å². The summed E-state index contributed by atoms with van der Waals surface area (Å²) in [6.07, 6.45) is 3.41. The first-order valence-electron chi connectivity index (χ1n) is 5.99. The molecule has 0 fully saturated rings. The molecule has 2 N–H and O–H groups in total. The van der Waals surface area contributed by atoms with Crippen molar-refractivity contribution in [2.75, 3.05) is 4.72 Å². The van der Waals surface area contributed by atoms with E-state index in [4.69, 9.17) is 11.6 Å². The molecule has 0 aliphatic rings. The Balaban J connectivity index is 1.95. The molecule has 0 aliphatic carbocycles. The minimum absolute atomic E-state index is 0.620. The number of anilines is 1. The normalized spacial score (nSPS) is 12.8. The van der Waals surface area contributed by atoms with Crippen molar-refractivity contribution in [1.82, 2.24) is 14.5 Å². The van der Waals surface area contributed by atoms with Crippen LogP contribution in [0.3, 0.4) is 0 Å². The maximum absolute atomic E-state index is 12.4. The maximum Gasteiger partial charge on any atom is 0.159 e. The molecule has 1 atom stereocenters. The van der Waals surface area contributed by atoms with Crippen molar-refractivity contribution in [2.24, 2.45) is 7.05 Å². The van der Waals surface area contributed by atoms with Crippen LogP contribution in [0.15, 0.2) is 35.6 Å². The topological polar surface area (TPSA) is 62.7 Å². The molecular formula is C13H13ClN4OS. The van der Waals surface area contributed by atoms with Crippen molar-refractivity contribution in [3.05, 3.63) is 41.4 Å². The molecule has 0 saturated carbocycles. The van der Waals surface area contributed by atoms with E-state index in [2.05, 4.69) is 14.7 Å². The van der Waals surface area contributed by atoms with Crippen LogP contribution in [0.2, 0.25) is 5.02 Å². The van der Waals surface area contributed by atoms with Crippen molar-refractivity contribution in [3.63, 3.8) is 0 Å². The molecule has 3 rings (SSSR count). The van der Waals surface area contributed by atoms with Gasteiger partial charge in [-0.15, -0.1) is 0 Å². The Morgan fingerprint density at radius 3 is 2.95 bits per heavy atom. The number of nitrogens with one attached hydrogen (secondary N) is 2. The first-order chi connectivity index (χ1) is 9.56. The van der Waals surface area contributed by atoms with Crippen LogP contribution in [-0.2, 0) is 18.0 Å². The van der Waals surface area contributed by atoms with Gasteiger partial charge in [0.15, 0.2) is 16.8 Å². The van der Waals surface area contributed by atoms with Crippen molar-refractivity contribution in [1.29, 1.82) is 0 Å². The molecule has 0 spiro atoms. The monoisotopic (exact) mass is 308 g/mol. The quantitative estimate of drug-likeness (QED) is 0.781. The van der Waals surface area contributed by atoms with Crippen LogP contribution in [0.4, 0.5) is 5.82 Å². The number of aromatic nitrogens is 3. The fourth-order valence-electron chi connectivity index (χ4n) is 1.96. The molecule has 0 radical (unpaired) electrons. The summed E-state index contributed by atoms with van der Waals surface area (Å²) >= 11 is 5.94. The van der Waals surface area contributed by atoms with Gasteiger partial charge in [0.1, 0.15) is 0 Å². The summed E-state index contributed by atoms with van der Waals surface area (Å²) in [5.41, 5.74) is 1.79. The molecular weight excluding hydrogens is 296 g/mol. The predicted octanol–water partition coefficient (Wildman–Crippen LogP) is 3.00. The molecule has 5 nitrogen and oxygen atoms in total. The van der Waals surface area contributed by atoms with E-state index in [-0.39, 0.29) is 0 Å². The van der Waals surface area contributed by atoms with Gasteiger partial charge < -0.3 is 9.55 Å². The number of H-pyrrole nitrogens is 1. The fraction of sp³-hybridized carbons (Fsp3) is 0.154. The van der Waals surface area contributed by atoms with Gasteiger partial charge in [0, 0.05) is 29.2 Å².